The maximum atomic E-state index is 10.1. The third-order valence-electron chi connectivity index (χ3n) is 0.952. The zero-order valence-corrected chi connectivity index (χ0v) is 3.98. The lowest BCUT2D eigenvalue weighted by atomic mass is 10.3. The van der Waals surface area contributed by atoms with Crippen LogP contribution in [0.25, 0.3) is 0 Å². The maximum absolute atomic E-state index is 10.1. The molecule has 1 unspecified atom stereocenters. The molecule has 1 N–H and O–H groups in total. The zero-order valence-electron chi connectivity index (χ0n) is 3.98. The van der Waals surface area contributed by atoms with Gasteiger partial charge in [0.2, 0.25) is 5.91 Å². The first kappa shape index (κ1) is 4.37. The van der Waals surface area contributed by atoms with Gasteiger partial charge in [-0.15, -0.1) is 6.58 Å². The molecule has 0 aromatic rings. The molecule has 1 amide bonds. The van der Waals surface area contributed by atoms with Crippen molar-refractivity contribution >= 4 is 5.91 Å². The highest BCUT2D eigenvalue weighted by atomic mass is 16.2. The average Bonchev–Trinajstić information content (AvgIpc) is 2.22. The minimum Gasteiger partial charge on any atom is -0.342 e. The summed E-state index contributed by atoms with van der Waals surface area (Å²) in [4.78, 5) is 10.1. The quantitative estimate of drug-likeness (QED) is 0.384. The Hall–Kier alpha value is -0.790. The van der Waals surface area contributed by atoms with Gasteiger partial charge in [-0.3, -0.25) is 4.79 Å². The standard InChI is InChI=1S/C5H7NO/c1-2-3-4-5(7)6-4/h2,4H,1,3H2,(H,6,7). The molecule has 1 atom stereocenters. The monoisotopic (exact) mass is 97.1 g/mol. The van der Waals surface area contributed by atoms with Crippen LogP contribution in [0.1, 0.15) is 6.42 Å². The summed E-state index contributed by atoms with van der Waals surface area (Å²) in [5, 5.41) is 2.62. The third-order valence-corrected chi connectivity index (χ3v) is 0.952. The van der Waals surface area contributed by atoms with E-state index in [2.05, 4.69) is 11.9 Å². The van der Waals surface area contributed by atoms with Crippen LogP contribution >= 0.6 is 0 Å². The zero-order chi connectivity index (χ0) is 5.28. The van der Waals surface area contributed by atoms with Gasteiger partial charge in [-0.2, -0.15) is 0 Å². The van der Waals surface area contributed by atoms with Gasteiger partial charge < -0.3 is 5.32 Å². The fourth-order valence-corrected chi connectivity index (χ4v) is 0.463. The molecule has 1 aliphatic rings. The Labute approximate surface area is 42.2 Å². The van der Waals surface area contributed by atoms with E-state index in [1.54, 1.807) is 6.08 Å². The van der Waals surface area contributed by atoms with Crippen molar-refractivity contribution in [3.05, 3.63) is 12.7 Å². The lowest BCUT2D eigenvalue weighted by Crippen LogP contribution is -1.84. The Morgan fingerprint density at radius 2 is 2.57 bits per heavy atom. The highest BCUT2D eigenvalue weighted by molar-refractivity contribution is 5.96. The van der Waals surface area contributed by atoms with Gasteiger partial charge >= 0.3 is 0 Å². The first-order valence-corrected chi connectivity index (χ1v) is 2.26. The van der Waals surface area contributed by atoms with Crippen LogP contribution in [-0.2, 0) is 4.79 Å². The van der Waals surface area contributed by atoms with Crippen molar-refractivity contribution in [2.45, 2.75) is 12.5 Å². The second-order valence-corrected chi connectivity index (χ2v) is 1.59. The fourth-order valence-electron chi connectivity index (χ4n) is 0.463. The molecule has 0 spiro atoms. The summed E-state index contributed by atoms with van der Waals surface area (Å²) < 4.78 is 0. The molecule has 1 rings (SSSR count). The SMILES string of the molecule is C=CCC1NC1=O. The highest BCUT2D eigenvalue weighted by Gasteiger charge is 2.31. The van der Waals surface area contributed by atoms with Crippen molar-refractivity contribution < 1.29 is 4.79 Å². The van der Waals surface area contributed by atoms with Crippen LogP contribution in [0.4, 0.5) is 0 Å². The maximum Gasteiger partial charge on any atom is 0.243 e. The second kappa shape index (κ2) is 1.37. The molecule has 0 aromatic heterocycles. The van der Waals surface area contributed by atoms with Crippen LogP contribution in [0.5, 0.6) is 0 Å². The molecule has 1 aliphatic heterocycles. The van der Waals surface area contributed by atoms with Gasteiger partial charge in [0.15, 0.2) is 0 Å². The van der Waals surface area contributed by atoms with Crippen molar-refractivity contribution in [2.75, 3.05) is 0 Å². The summed E-state index contributed by atoms with van der Waals surface area (Å²) in [6.07, 6.45) is 2.52. The topological polar surface area (TPSA) is 39.0 Å². The summed E-state index contributed by atoms with van der Waals surface area (Å²) in [5.41, 5.74) is 0. The molecule has 0 radical (unpaired) electrons. The highest BCUT2D eigenvalue weighted by Crippen LogP contribution is 2.04. The van der Waals surface area contributed by atoms with Gasteiger partial charge in [0.1, 0.15) is 6.04 Å². The Morgan fingerprint density at radius 1 is 2.00 bits per heavy atom. The lowest BCUT2D eigenvalue weighted by Gasteiger charge is -1.73. The molecule has 1 heterocycles. The number of hydrogen-bond donors (Lipinski definition) is 1. The summed E-state index contributed by atoms with van der Waals surface area (Å²) >= 11 is 0. The second-order valence-electron chi connectivity index (χ2n) is 1.59. The van der Waals surface area contributed by atoms with Gasteiger partial charge in [-0.1, -0.05) is 6.08 Å². The Kier molecular flexibility index (Phi) is 0.855. The minimum atomic E-state index is 0.109. The van der Waals surface area contributed by atoms with Gasteiger partial charge in [0.05, 0.1) is 0 Å². The van der Waals surface area contributed by atoms with E-state index in [0.717, 1.165) is 6.42 Å². The van der Waals surface area contributed by atoms with E-state index >= 15 is 0 Å². The van der Waals surface area contributed by atoms with Crippen molar-refractivity contribution in [1.82, 2.24) is 5.32 Å². The van der Waals surface area contributed by atoms with Crippen LogP contribution in [-0.4, -0.2) is 11.9 Å². The summed E-state index contributed by atoms with van der Waals surface area (Å²) in [6.45, 7) is 3.48. The van der Waals surface area contributed by atoms with Crippen molar-refractivity contribution in [3.8, 4) is 0 Å². The number of amides is 1. The van der Waals surface area contributed by atoms with Crippen LogP contribution < -0.4 is 5.32 Å². The van der Waals surface area contributed by atoms with Crippen molar-refractivity contribution in [3.63, 3.8) is 0 Å². The number of rotatable bonds is 2. The fraction of sp³-hybridized carbons (Fsp3) is 0.400. The molecule has 0 aliphatic carbocycles. The summed E-state index contributed by atoms with van der Waals surface area (Å²) in [5.74, 6) is 0.153. The van der Waals surface area contributed by atoms with E-state index in [0.29, 0.717) is 0 Å². The summed E-state index contributed by atoms with van der Waals surface area (Å²) in [7, 11) is 0. The normalized spacial score (nSPS) is 26.3. The van der Waals surface area contributed by atoms with E-state index in [4.69, 9.17) is 0 Å². The van der Waals surface area contributed by atoms with E-state index in [1.165, 1.54) is 0 Å². The first-order valence-electron chi connectivity index (χ1n) is 2.26. The number of carbonyl (C=O) groups excluding carboxylic acids is 1. The number of nitrogens with one attached hydrogen (secondary N) is 1. The Morgan fingerprint density at radius 3 is 2.71 bits per heavy atom. The van der Waals surface area contributed by atoms with Crippen LogP contribution in [0.15, 0.2) is 12.7 Å². The molecule has 1 fully saturated rings. The van der Waals surface area contributed by atoms with Gasteiger partial charge in [-0.05, 0) is 6.42 Å². The van der Waals surface area contributed by atoms with E-state index < -0.39 is 0 Å². The third kappa shape index (κ3) is 0.796. The molecule has 0 saturated carbocycles. The van der Waals surface area contributed by atoms with Gasteiger partial charge in [0, 0.05) is 0 Å². The average molecular weight is 97.1 g/mol. The van der Waals surface area contributed by atoms with E-state index in [9.17, 15) is 4.79 Å². The van der Waals surface area contributed by atoms with E-state index in [1.807, 2.05) is 0 Å². The molecule has 7 heavy (non-hydrogen) atoms. The molecule has 38 valence electrons. The molecule has 2 nitrogen and oxygen atoms in total. The van der Waals surface area contributed by atoms with Crippen LogP contribution in [0, 0.1) is 0 Å². The van der Waals surface area contributed by atoms with Crippen LogP contribution in [0.2, 0.25) is 0 Å². The van der Waals surface area contributed by atoms with Gasteiger partial charge in [0.25, 0.3) is 0 Å². The Bertz CT molecular complexity index is 109. The minimum absolute atomic E-state index is 0.109. The number of carbonyl (C=O) groups is 1. The molecule has 2 heteroatoms. The van der Waals surface area contributed by atoms with Gasteiger partial charge in [-0.25, -0.2) is 0 Å². The molecular formula is C5H7NO. The Balaban J connectivity index is 2.20. The van der Waals surface area contributed by atoms with Crippen molar-refractivity contribution in [2.24, 2.45) is 0 Å². The van der Waals surface area contributed by atoms with Crippen LogP contribution in [0.3, 0.4) is 0 Å². The largest absolute Gasteiger partial charge is 0.342 e. The summed E-state index contributed by atoms with van der Waals surface area (Å²) in [6, 6.07) is 0.109. The predicted molar refractivity (Wildman–Crippen MR) is 26.7 cm³/mol. The predicted octanol–water partition coefficient (Wildman–Crippen LogP) is 0.0609. The lowest BCUT2D eigenvalue weighted by molar-refractivity contribution is -0.110. The molecule has 0 aromatic carbocycles. The van der Waals surface area contributed by atoms with Crippen molar-refractivity contribution in [1.29, 1.82) is 0 Å². The smallest absolute Gasteiger partial charge is 0.243 e. The first-order chi connectivity index (χ1) is 3.34. The molecule has 1 saturated heterocycles. The molecular weight excluding hydrogens is 90.1 g/mol. The molecule has 0 bridgehead atoms. The number of hydrogen-bond acceptors (Lipinski definition) is 1. The van der Waals surface area contributed by atoms with E-state index in [-0.39, 0.29) is 11.9 Å².